The summed E-state index contributed by atoms with van der Waals surface area (Å²) in [7, 11) is 0. The second kappa shape index (κ2) is 9.32. The number of hydrogen-bond acceptors (Lipinski definition) is 5. The number of imidazole rings is 1. The number of carboxylic acid groups (broad SMARTS) is 1. The minimum absolute atomic E-state index is 0.0302. The monoisotopic (exact) mass is 500 g/mol. The van der Waals surface area contributed by atoms with Gasteiger partial charge in [0.2, 0.25) is 0 Å². The lowest BCUT2D eigenvalue weighted by molar-refractivity contribution is 0.0697. The SMILES string of the molecule is Cc1cnc2c(Cl)c(Nc3ccc(Br)cc3Cl)c(C(=O)O)cn12.NOCC1CC1. The van der Waals surface area contributed by atoms with Gasteiger partial charge < -0.3 is 19.7 Å². The van der Waals surface area contributed by atoms with Crippen LogP contribution in [0.5, 0.6) is 0 Å². The van der Waals surface area contributed by atoms with E-state index in [2.05, 4.69) is 31.1 Å². The molecule has 0 atom stereocenters. The van der Waals surface area contributed by atoms with Crippen molar-refractivity contribution >= 4 is 62.1 Å². The van der Waals surface area contributed by atoms with E-state index in [-0.39, 0.29) is 16.3 Å². The molecule has 0 spiro atoms. The minimum atomic E-state index is -1.10. The molecule has 0 bridgehead atoms. The van der Waals surface area contributed by atoms with Gasteiger partial charge in [0.1, 0.15) is 10.6 Å². The highest BCUT2D eigenvalue weighted by atomic mass is 79.9. The molecule has 1 fully saturated rings. The summed E-state index contributed by atoms with van der Waals surface area (Å²) >= 11 is 15.9. The molecule has 0 amide bonds. The zero-order chi connectivity index (χ0) is 21.1. The van der Waals surface area contributed by atoms with Crippen LogP contribution in [0.25, 0.3) is 5.65 Å². The highest BCUT2D eigenvalue weighted by molar-refractivity contribution is 9.10. The summed E-state index contributed by atoms with van der Waals surface area (Å²) in [6.07, 6.45) is 5.75. The van der Waals surface area contributed by atoms with Gasteiger partial charge in [0, 0.05) is 22.6 Å². The predicted molar refractivity (Wildman–Crippen MR) is 117 cm³/mol. The van der Waals surface area contributed by atoms with Gasteiger partial charge in [0.25, 0.3) is 0 Å². The maximum atomic E-state index is 11.6. The van der Waals surface area contributed by atoms with Crippen molar-refractivity contribution in [1.29, 1.82) is 0 Å². The van der Waals surface area contributed by atoms with E-state index in [1.165, 1.54) is 19.0 Å². The molecule has 4 N–H and O–H groups in total. The number of nitrogens with one attached hydrogen (secondary N) is 1. The van der Waals surface area contributed by atoms with Crippen molar-refractivity contribution in [2.24, 2.45) is 11.8 Å². The quantitative estimate of drug-likeness (QED) is 0.402. The molecular weight excluding hydrogens is 483 g/mol. The van der Waals surface area contributed by atoms with Crippen LogP contribution in [0, 0.1) is 12.8 Å². The Kier molecular flexibility index (Phi) is 7.02. The summed E-state index contributed by atoms with van der Waals surface area (Å²) in [6.45, 7) is 2.58. The lowest BCUT2D eigenvalue weighted by Gasteiger charge is -2.14. The lowest BCUT2D eigenvalue weighted by Crippen LogP contribution is -2.07. The number of hydrogen-bond donors (Lipinski definition) is 3. The van der Waals surface area contributed by atoms with Crippen LogP contribution in [0.2, 0.25) is 10.0 Å². The Morgan fingerprint density at radius 3 is 2.72 bits per heavy atom. The Bertz CT molecular complexity index is 1050. The minimum Gasteiger partial charge on any atom is -0.478 e. The van der Waals surface area contributed by atoms with Gasteiger partial charge in [-0.1, -0.05) is 39.1 Å². The number of aryl methyl sites for hydroxylation is 1. The standard InChI is InChI=1S/C15H10BrCl2N3O2.C4H9NO/c1-7-5-19-14-12(18)13(9(15(22)23)6-21(7)14)20-11-3-2-8(16)4-10(11)17;5-6-3-4-1-2-4/h2-6,20H,1H3,(H,22,23);4H,1-3,5H2. The first-order chi connectivity index (χ1) is 13.8. The van der Waals surface area contributed by atoms with Crippen LogP contribution in [0.4, 0.5) is 11.4 Å². The Morgan fingerprint density at radius 2 is 2.17 bits per heavy atom. The van der Waals surface area contributed by atoms with Crippen LogP contribution < -0.4 is 11.2 Å². The second-order valence-electron chi connectivity index (χ2n) is 6.66. The molecule has 1 saturated carbocycles. The number of rotatable bonds is 5. The predicted octanol–water partition coefficient (Wildman–Crippen LogP) is 5.44. The Morgan fingerprint density at radius 1 is 1.45 bits per heavy atom. The second-order valence-corrected chi connectivity index (χ2v) is 8.36. The topological polar surface area (TPSA) is 102 Å². The summed E-state index contributed by atoms with van der Waals surface area (Å²) in [6, 6.07) is 5.23. The number of carbonyl (C=O) groups is 1. The molecule has 0 saturated heterocycles. The third-order valence-corrected chi connectivity index (χ3v) is 5.54. The number of benzene rings is 1. The molecule has 2 aromatic heterocycles. The lowest BCUT2D eigenvalue weighted by atomic mass is 10.2. The van der Waals surface area contributed by atoms with Crippen LogP contribution in [-0.4, -0.2) is 27.1 Å². The third-order valence-electron chi connectivity index (χ3n) is 4.38. The van der Waals surface area contributed by atoms with E-state index in [4.69, 9.17) is 29.1 Å². The number of pyridine rings is 1. The van der Waals surface area contributed by atoms with Gasteiger partial charge >= 0.3 is 5.97 Å². The average Bonchev–Trinajstić information content (AvgIpc) is 3.41. The van der Waals surface area contributed by atoms with Crippen LogP contribution >= 0.6 is 39.1 Å². The number of fused-ring (bicyclic) bond motifs is 1. The normalized spacial score (nSPS) is 13.1. The summed E-state index contributed by atoms with van der Waals surface area (Å²) in [5.74, 6) is 4.47. The van der Waals surface area contributed by atoms with Crippen molar-refractivity contribution in [3.8, 4) is 0 Å². The number of halogens is 3. The van der Waals surface area contributed by atoms with Crippen LogP contribution in [0.15, 0.2) is 35.1 Å². The molecule has 10 heteroatoms. The zero-order valence-corrected chi connectivity index (χ0v) is 18.6. The molecule has 2 heterocycles. The maximum absolute atomic E-state index is 11.6. The summed E-state index contributed by atoms with van der Waals surface area (Å²) in [5, 5.41) is 13.2. The molecule has 0 unspecified atom stereocenters. The van der Waals surface area contributed by atoms with Crippen molar-refractivity contribution in [2.45, 2.75) is 19.8 Å². The highest BCUT2D eigenvalue weighted by Crippen LogP contribution is 2.36. The smallest absolute Gasteiger partial charge is 0.339 e. The Labute approximate surface area is 185 Å². The first-order valence-corrected chi connectivity index (χ1v) is 10.3. The Hall–Kier alpha value is -1.84. The van der Waals surface area contributed by atoms with Gasteiger partial charge in [-0.15, -0.1) is 0 Å². The molecule has 1 aliphatic carbocycles. The first-order valence-electron chi connectivity index (χ1n) is 8.75. The number of anilines is 2. The molecular formula is C19H19BrCl2N4O3. The van der Waals surface area contributed by atoms with E-state index in [1.807, 2.05) is 6.92 Å². The largest absolute Gasteiger partial charge is 0.478 e. The fourth-order valence-electron chi connectivity index (χ4n) is 2.63. The molecule has 0 aliphatic heterocycles. The van der Waals surface area contributed by atoms with E-state index in [0.717, 1.165) is 22.7 Å². The van der Waals surface area contributed by atoms with Gasteiger partial charge in [0.05, 0.1) is 23.0 Å². The van der Waals surface area contributed by atoms with Crippen molar-refractivity contribution in [3.05, 3.63) is 56.4 Å². The molecule has 1 aromatic carbocycles. The van der Waals surface area contributed by atoms with Gasteiger partial charge in [-0.05, 0) is 43.9 Å². The third kappa shape index (κ3) is 5.21. The zero-order valence-electron chi connectivity index (χ0n) is 15.5. The number of carboxylic acids is 1. The van der Waals surface area contributed by atoms with Crippen molar-refractivity contribution in [1.82, 2.24) is 9.38 Å². The van der Waals surface area contributed by atoms with E-state index in [0.29, 0.717) is 16.4 Å². The number of aromatic carboxylic acids is 1. The average molecular weight is 502 g/mol. The molecule has 4 rings (SSSR count). The molecule has 7 nitrogen and oxygen atoms in total. The van der Waals surface area contributed by atoms with Crippen molar-refractivity contribution in [2.75, 3.05) is 11.9 Å². The van der Waals surface area contributed by atoms with Gasteiger partial charge in [-0.25, -0.2) is 15.7 Å². The summed E-state index contributed by atoms with van der Waals surface area (Å²) < 4.78 is 2.46. The van der Waals surface area contributed by atoms with Gasteiger partial charge in [0.15, 0.2) is 5.65 Å². The van der Waals surface area contributed by atoms with Crippen molar-refractivity contribution in [3.63, 3.8) is 0 Å². The number of nitrogens with zero attached hydrogens (tertiary/aromatic N) is 2. The molecule has 1 aliphatic rings. The maximum Gasteiger partial charge on any atom is 0.339 e. The van der Waals surface area contributed by atoms with E-state index in [9.17, 15) is 9.90 Å². The molecule has 154 valence electrons. The fraction of sp³-hybridized carbons (Fsp3) is 0.263. The molecule has 29 heavy (non-hydrogen) atoms. The van der Waals surface area contributed by atoms with E-state index >= 15 is 0 Å². The summed E-state index contributed by atoms with van der Waals surface area (Å²) in [4.78, 5) is 20.2. The molecule has 3 aromatic rings. The van der Waals surface area contributed by atoms with E-state index in [1.54, 1.807) is 28.8 Å². The van der Waals surface area contributed by atoms with Crippen LogP contribution in [0.3, 0.4) is 0 Å². The molecule has 0 radical (unpaired) electrons. The van der Waals surface area contributed by atoms with Crippen LogP contribution in [-0.2, 0) is 4.84 Å². The summed E-state index contributed by atoms with van der Waals surface area (Å²) in [5.41, 5.74) is 2.10. The highest BCUT2D eigenvalue weighted by Gasteiger charge is 2.21. The first kappa shape index (κ1) is 21.9. The van der Waals surface area contributed by atoms with Gasteiger partial charge in [-0.3, -0.25) is 0 Å². The van der Waals surface area contributed by atoms with Gasteiger partial charge in [-0.2, -0.15) is 0 Å². The Balaban J connectivity index is 0.000000343. The van der Waals surface area contributed by atoms with Crippen molar-refractivity contribution < 1.29 is 14.7 Å². The number of aromatic nitrogens is 2. The number of nitrogens with two attached hydrogens (primary N) is 1. The fourth-order valence-corrected chi connectivity index (χ4v) is 3.64. The van der Waals surface area contributed by atoms with Crippen LogP contribution in [0.1, 0.15) is 28.9 Å². The van der Waals surface area contributed by atoms with E-state index < -0.39 is 5.97 Å².